The number of guanidine groups is 1. The molecule has 0 aliphatic heterocycles. The lowest BCUT2D eigenvalue weighted by molar-refractivity contribution is 0.0963. The first-order valence-corrected chi connectivity index (χ1v) is 7.08. The maximum Gasteiger partial charge on any atom is 0.251 e. The highest BCUT2D eigenvalue weighted by Crippen LogP contribution is 2.04. The number of hydrogen-bond donors (Lipinski definition) is 3. The minimum atomic E-state index is -0.0940. The van der Waals surface area contributed by atoms with Gasteiger partial charge in [-0.25, -0.2) is 4.99 Å². The van der Waals surface area contributed by atoms with Gasteiger partial charge < -0.3 is 16.4 Å². The third-order valence-electron chi connectivity index (χ3n) is 3.19. The van der Waals surface area contributed by atoms with Crippen molar-refractivity contribution < 1.29 is 4.79 Å². The standard InChI is InChI=1S/C17H20N4O/c1-19-16(22)15-9-7-14(8-10-15)12-21-17(18)20-11-13-5-3-2-4-6-13/h2-10H,11-12H2,1H3,(H,19,22)(H3,18,20,21). The highest BCUT2D eigenvalue weighted by molar-refractivity contribution is 5.93. The summed E-state index contributed by atoms with van der Waals surface area (Å²) in [4.78, 5) is 15.7. The maximum atomic E-state index is 11.4. The molecule has 0 aliphatic rings. The molecule has 22 heavy (non-hydrogen) atoms. The van der Waals surface area contributed by atoms with Crippen molar-refractivity contribution in [3.63, 3.8) is 0 Å². The summed E-state index contributed by atoms with van der Waals surface area (Å²) in [6, 6.07) is 17.3. The average molecular weight is 296 g/mol. The zero-order chi connectivity index (χ0) is 15.8. The Labute approximate surface area is 130 Å². The van der Waals surface area contributed by atoms with E-state index in [4.69, 9.17) is 5.73 Å². The molecule has 0 atom stereocenters. The van der Waals surface area contributed by atoms with Gasteiger partial charge in [0.15, 0.2) is 5.96 Å². The molecule has 2 aromatic rings. The minimum absolute atomic E-state index is 0.0940. The Balaban J connectivity index is 1.85. The summed E-state index contributed by atoms with van der Waals surface area (Å²) in [5, 5.41) is 5.65. The highest BCUT2D eigenvalue weighted by atomic mass is 16.1. The summed E-state index contributed by atoms with van der Waals surface area (Å²) in [5.41, 5.74) is 8.63. The predicted octanol–water partition coefficient (Wildman–Crippen LogP) is 1.65. The van der Waals surface area contributed by atoms with E-state index in [0.29, 0.717) is 24.6 Å². The molecule has 2 aromatic carbocycles. The van der Waals surface area contributed by atoms with Gasteiger partial charge in [-0.1, -0.05) is 42.5 Å². The van der Waals surface area contributed by atoms with Crippen LogP contribution >= 0.6 is 0 Å². The van der Waals surface area contributed by atoms with E-state index in [0.717, 1.165) is 11.1 Å². The molecular weight excluding hydrogens is 276 g/mol. The van der Waals surface area contributed by atoms with Gasteiger partial charge in [-0.2, -0.15) is 0 Å². The van der Waals surface area contributed by atoms with Crippen LogP contribution in [0.15, 0.2) is 59.6 Å². The van der Waals surface area contributed by atoms with Gasteiger partial charge in [0.25, 0.3) is 5.91 Å². The first-order chi connectivity index (χ1) is 10.7. The summed E-state index contributed by atoms with van der Waals surface area (Å²) < 4.78 is 0. The molecule has 0 radical (unpaired) electrons. The maximum absolute atomic E-state index is 11.4. The molecule has 0 fully saturated rings. The quantitative estimate of drug-likeness (QED) is 0.580. The number of benzene rings is 2. The van der Waals surface area contributed by atoms with Crippen molar-refractivity contribution in [2.45, 2.75) is 13.1 Å². The Morgan fingerprint density at radius 2 is 1.73 bits per heavy atom. The molecule has 1 amide bonds. The smallest absolute Gasteiger partial charge is 0.251 e. The predicted molar refractivity (Wildman–Crippen MR) is 88.4 cm³/mol. The van der Waals surface area contributed by atoms with E-state index in [9.17, 15) is 4.79 Å². The van der Waals surface area contributed by atoms with Crippen LogP contribution in [0.25, 0.3) is 0 Å². The van der Waals surface area contributed by atoms with Crippen LogP contribution in [0.4, 0.5) is 0 Å². The summed E-state index contributed by atoms with van der Waals surface area (Å²) >= 11 is 0. The number of carbonyl (C=O) groups excluding carboxylic acids is 1. The van der Waals surface area contributed by atoms with Crippen LogP contribution in [-0.4, -0.2) is 18.9 Å². The molecule has 0 saturated heterocycles. The molecule has 0 saturated carbocycles. The minimum Gasteiger partial charge on any atom is -0.370 e. The Kier molecular flexibility index (Phi) is 5.54. The topological polar surface area (TPSA) is 79.5 Å². The van der Waals surface area contributed by atoms with E-state index in [2.05, 4.69) is 15.6 Å². The zero-order valence-corrected chi connectivity index (χ0v) is 12.5. The molecule has 114 valence electrons. The second-order valence-electron chi connectivity index (χ2n) is 4.82. The largest absolute Gasteiger partial charge is 0.370 e. The summed E-state index contributed by atoms with van der Waals surface area (Å²) in [7, 11) is 1.61. The molecule has 4 N–H and O–H groups in total. The molecule has 0 aromatic heterocycles. The lowest BCUT2D eigenvalue weighted by Crippen LogP contribution is -2.31. The molecule has 5 heteroatoms. The lowest BCUT2D eigenvalue weighted by Gasteiger charge is -2.07. The Hall–Kier alpha value is -2.82. The van der Waals surface area contributed by atoms with Crippen molar-refractivity contribution in [3.8, 4) is 0 Å². The van der Waals surface area contributed by atoms with E-state index in [1.165, 1.54) is 0 Å². The van der Waals surface area contributed by atoms with Crippen molar-refractivity contribution in [1.29, 1.82) is 0 Å². The molecule has 0 unspecified atom stereocenters. The number of carbonyl (C=O) groups is 1. The number of rotatable bonds is 5. The fraction of sp³-hybridized carbons (Fsp3) is 0.176. The van der Waals surface area contributed by atoms with Crippen molar-refractivity contribution >= 4 is 11.9 Å². The molecule has 0 bridgehead atoms. The number of nitrogens with zero attached hydrogens (tertiary/aromatic N) is 1. The first kappa shape index (κ1) is 15.6. The Bertz CT molecular complexity index is 635. The third-order valence-corrected chi connectivity index (χ3v) is 3.19. The van der Waals surface area contributed by atoms with Crippen LogP contribution in [-0.2, 0) is 13.1 Å². The van der Waals surface area contributed by atoms with Crippen LogP contribution in [0.3, 0.4) is 0 Å². The number of nitrogens with two attached hydrogens (primary N) is 1. The monoisotopic (exact) mass is 296 g/mol. The molecular formula is C17H20N4O. The Morgan fingerprint density at radius 3 is 2.36 bits per heavy atom. The van der Waals surface area contributed by atoms with Crippen molar-refractivity contribution in [2.75, 3.05) is 7.05 Å². The SMILES string of the molecule is CNC(=O)c1ccc(CNC(N)=NCc2ccccc2)cc1. The van der Waals surface area contributed by atoms with Gasteiger partial charge >= 0.3 is 0 Å². The van der Waals surface area contributed by atoms with Gasteiger partial charge in [0.2, 0.25) is 0 Å². The van der Waals surface area contributed by atoms with E-state index in [-0.39, 0.29) is 5.91 Å². The Morgan fingerprint density at radius 1 is 1.05 bits per heavy atom. The number of nitrogens with one attached hydrogen (secondary N) is 2. The van der Waals surface area contributed by atoms with Gasteiger partial charge in [0, 0.05) is 19.2 Å². The van der Waals surface area contributed by atoms with Crippen LogP contribution in [0.2, 0.25) is 0 Å². The number of hydrogen-bond acceptors (Lipinski definition) is 2. The van der Waals surface area contributed by atoms with Crippen LogP contribution in [0.5, 0.6) is 0 Å². The van der Waals surface area contributed by atoms with E-state index in [1.807, 2.05) is 42.5 Å². The second-order valence-corrected chi connectivity index (χ2v) is 4.82. The average Bonchev–Trinajstić information content (AvgIpc) is 2.58. The van der Waals surface area contributed by atoms with Crippen LogP contribution in [0, 0.1) is 0 Å². The van der Waals surface area contributed by atoms with Gasteiger partial charge in [-0.15, -0.1) is 0 Å². The summed E-state index contributed by atoms with van der Waals surface area (Å²) in [6.45, 7) is 1.12. The fourth-order valence-corrected chi connectivity index (χ4v) is 1.93. The fourth-order valence-electron chi connectivity index (χ4n) is 1.93. The van der Waals surface area contributed by atoms with Gasteiger partial charge in [-0.05, 0) is 23.3 Å². The van der Waals surface area contributed by atoms with Crippen LogP contribution < -0.4 is 16.4 Å². The molecule has 0 heterocycles. The van der Waals surface area contributed by atoms with Crippen molar-refractivity contribution in [1.82, 2.24) is 10.6 Å². The van der Waals surface area contributed by atoms with E-state index in [1.54, 1.807) is 19.2 Å². The van der Waals surface area contributed by atoms with E-state index < -0.39 is 0 Å². The third kappa shape index (κ3) is 4.63. The zero-order valence-electron chi connectivity index (χ0n) is 12.5. The van der Waals surface area contributed by atoms with E-state index >= 15 is 0 Å². The normalized spacial score (nSPS) is 11.0. The summed E-state index contributed by atoms with van der Waals surface area (Å²) in [5.74, 6) is 0.308. The number of amides is 1. The molecule has 5 nitrogen and oxygen atoms in total. The first-order valence-electron chi connectivity index (χ1n) is 7.08. The summed E-state index contributed by atoms with van der Waals surface area (Å²) in [6.07, 6.45) is 0. The highest BCUT2D eigenvalue weighted by Gasteiger charge is 2.02. The lowest BCUT2D eigenvalue weighted by atomic mass is 10.1. The van der Waals surface area contributed by atoms with Crippen molar-refractivity contribution in [3.05, 3.63) is 71.3 Å². The second kappa shape index (κ2) is 7.83. The molecule has 0 spiro atoms. The van der Waals surface area contributed by atoms with Crippen molar-refractivity contribution in [2.24, 2.45) is 10.7 Å². The van der Waals surface area contributed by atoms with Gasteiger partial charge in [0.1, 0.15) is 0 Å². The van der Waals surface area contributed by atoms with Crippen LogP contribution in [0.1, 0.15) is 21.5 Å². The number of aliphatic imine (C=N–C) groups is 1. The van der Waals surface area contributed by atoms with Gasteiger partial charge in [-0.3, -0.25) is 4.79 Å². The molecule has 0 aliphatic carbocycles. The molecule has 2 rings (SSSR count). The van der Waals surface area contributed by atoms with Gasteiger partial charge in [0.05, 0.1) is 6.54 Å².